The molecular formula is C24H23ClN2. The maximum atomic E-state index is 6.01. The van der Waals surface area contributed by atoms with E-state index in [2.05, 4.69) is 82.8 Å². The van der Waals surface area contributed by atoms with Crippen molar-refractivity contribution in [2.24, 2.45) is 0 Å². The zero-order valence-corrected chi connectivity index (χ0v) is 16.0. The Balaban J connectivity index is 1.47. The smallest absolute Gasteiger partial charge is 0.0486 e. The Morgan fingerprint density at radius 1 is 0.778 bits per heavy atom. The molecule has 27 heavy (non-hydrogen) atoms. The van der Waals surface area contributed by atoms with Crippen molar-refractivity contribution in [3.05, 3.63) is 107 Å². The molecule has 4 aromatic rings. The predicted molar refractivity (Wildman–Crippen MR) is 114 cm³/mol. The van der Waals surface area contributed by atoms with E-state index in [1.807, 2.05) is 12.1 Å². The van der Waals surface area contributed by atoms with Crippen molar-refractivity contribution in [1.82, 2.24) is 9.88 Å². The van der Waals surface area contributed by atoms with Crippen LogP contribution >= 0.6 is 11.6 Å². The first-order valence-corrected chi connectivity index (χ1v) is 9.73. The highest BCUT2D eigenvalue weighted by molar-refractivity contribution is 6.30. The molecule has 3 aromatic carbocycles. The molecule has 0 saturated heterocycles. The van der Waals surface area contributed by atoms with Gasteiger partial charge in [-0.1, -0.05) is 72.3 Å². The molecule has 1 N–H and O–H groups in total. The van der Waals surface area contributed by atoms with E-state index in [-0.39, 0.29) is 0 Å². The van der Waals surface area contributed by atoms with Gasteiger partial charge in [-0.15, -0.1) is 0 Å². The van der Waals surface area contributed by atoms with E-state index in [9.17, 15) is 0 Å². The number of fused-ring (bicyclic) bond motifs is 1. The summed E-state index contributed by atoms with van der Waals surface area (Å²) in [5.41, 5.74) is 5.24. The second-order valence-electron chi connectivity index (χ2n) is 6.84. The zero-order chi connectivity index (χ0) is 18.5. The normalized spacial score (nSPS) is 11.1. The van der Waals surface area contributed by atoms with Crippen molar-refractivity contribution in [2.75, 3.05) is 6.54 Å². The van der Waals surface area contributed by atoms with Gasteiger partial charge in [0, 0.05) is 35.2 Å². The van der Waals surface area contributed by atoms with Gasteiger partial charge in [0.05, 0.1) is 0 Å². The number of benzene rings is 3. The molecule has 3 heteroatoms. The van der Waals surface area contributed by atoms with Crippen LogP contribution in [0.4, 0.5) is 0 Å². The second-order valence-corrected chi connectivity index (χ2v) is 7.27. The Kier molecular flexibility index (Phi) is 5.57. The molecule has 136 valence electrons. The second kappa shape index (κ2) is 8.43. The van der Waals surface area contributed by atoms with Crippen LogP contribution in [0, 0.1) is 0 Å². The van der Waals surface area contributed by atoms with Gasteiger partial charge in [0.2, 0.25) is 0 Å². The molecule has 0 radical (unpaired) electrons. The molecule has 4 rings (SSSR count). The van der Waals surface area contributed by atoms with Gasteiger partial charge in [0.15, 0.2) is 0 Å². The van der Waals surface area contributed by atoms with E-state index in [1.165, 1.54) is 27.6 Å². The Morgan fingerprint density at radius 3 is 2.33 bits per heavy atom. The summed E-state index contributed by atoms with van der Waals surface area (Å²) < 4.78 is 2.33. The van der Waals surface area contributed by atoms with Crippen LogP contribution in [0.5, 0.6) is 0 Å². The Bertz CT molecular complexity index is 1000. The summed E-state index contributed by atoms with van der Waals surface area (Å²) in [5.74, 6) is 0. The Hall–Kier alpha value is -2.55. The first-order valence-electron chi connectivity index (χ1n) is 9.35. The molecule has 0 fully saturated rings. The predicted octanol–water partition coefficient (Wildman–Crippen LogP) is 5.68. The highest BCUT2D eigenvalue weighted by Gasteiger charge is 2.08. The van der Waals surface area contributed by atoms with Gasteiger partial charge in [-0.2, -0.15) is 0 Å². The topological polar surface area (TPSA) is 17.0 Å². The summed E-state index contributed by atoms with van der Waals surface area (Å²) in [6, 6.07) is 27.3. The minimum Gasteiger partial charge on any atom is -0.343 e. The lowest BCUT2D eigenvalue weighted by atomic mass is 10.1. The molecule has 1 heterocycles. The van der Waals surface area contributed by atoms with Crippen LogP contribution in [-0.2, 0) is 19.5 Å². The third-order valence-electron chi connectivity index (χ3n) is 4.89. The summed E-state index contributed by atoms with van der Waals surface area (Å²) >= 11 is 6.01. The summed E-state index contributed by atoms with van der Waals surface area (Å²) in [6.45, 7) is 2.70. The van der Waals surface area contributed by atoms with Crippen LogP contribution in [-0.4, -0.2) is 11.1 Å². The van der Waals surface area contributed by atoms with Gasteiger partial charge < -0.3 is 9.88 Å². The molecule has 0 amide bonds. The third kappa shape index (κ3) is 4.41. The van der Waals surface area contributed by atoms with E-state index in [0.717, 1.165) is 31.1 Å². The molecule has 0 aliphatic carbocycles. The van der Waals surface area contributed by atoms with E-state index >= 15 is 0 Å². The number of aromatic nitrogens is 1. The largest absolute Gasteiger partial charge is 0.343 e. The van der Waals surface area contributed by atoms with Gasteiger partial charge in [0.1, 0.15) is 0 Å². The first kappa shape index (κ1) is 17.8. The lowest BCUT2D eigenvalue weighted by Gasteiger charge is -2.05. The fraction of sp³-hybridized carbons (Fsp3) is 0.167. The molecule has 0 unspecified atom stereocenters. The van der Waals surface area contributed by atoms with E-state index in [4.69, 9.17) is 11.6 Å². The quantitative estimate of drug-likeness (QED) is 0.412. The first-order chi connectivity index (χ1) is 13.3. The lowest BCUT2D eigenvalue weighted by molar-refractivity contribution is 0.686. The van der Waals surface area contributed by atoms with Gasteiger partial charge in [-0.05, 0) is 47.9 Å². The monoisotopic (exact) mass is 374 g/mol. The molecule has 2 nitrogen and oxygen atoms in total. The van der Waals surface area contributed by atoms with Crippen molar-refractivity contribution >= 4 is 22.5 Å². The minimum absolute atomic E-state index is 0.777. The number of nitrogens with zero attached hydrogens (tertiary/aromatic N) is 1. The van der Waals surface area contributed by atoms with Crippen LogP contribution in [0.15, 0.2) is 85.1 Å². The SMILES string of the molecule is Clc1ccc(Cn2cc(CNCCc3ccccc3)c3ccccc32)cc1. The van der Waals surface area contributed by atoms with E-state index in [0.29, 0.717) is 0 Å². The molecule has 0 aliphatic heterocycles. The standard InChI is InChI=1S/C24H23ClN2/c25-22-12-10-20(11-13-22)17-27-18-21(23-8-4-5-9-24(23)27)16-26-15-14-19-6-2-1-3-7-19/h1-13,18,26H,14-17H2. The van der Waals surface area contributed by atoms with Crippen molar-refractivity contribution in [3.8, 4) is 0 Å². The fourth-order valence-electron chi connectivity index (χ4n) is 3.48. The van der Waals surface area contributed by atoms with Crippen LogP contribution in [0.2, 0.25) is 5.02 Å². The summed E-state index contributed by atoms with van der Waals surface area (Å²) in [5, 5.41) is 5.69. The average Bonchev–Trinajstić information content (AvgIpc) is 3.06. The van der Waals surface area contributed by atoms with Crippen molar-refractivity contribution in [1.29, 1.82) is 0 Å². The van der Waals surface area contributed by atoms with Gasteiger partial charge in [0.25, 0.3) is 0 Å². The average molecular weight is 375 g/mol. The molecule has 0 atom stereocenters. The highest BCUT2D eigenvalue weighted by atomic mass is 35.5. The van der Waals surface area contributed by atoms with Gasteiger partial charge >= 0.3 is 0 Å². The zero-order valence-electron chi connectivity index (χ0n) is 15.2. The number of halogens is 1. The summed E-state index contributed by atoms with van der Waals surface area (Å²) in [4.78, 5) is 0. The molecule has 0 spiro atoms. The molecular weight excluding hydrogens is 352 g/mol. The van der Waals surface area contributed by atoms with Gasteiger partial charge in [-0.25, -0.2) is 0 Å². The highest BCUT2D eigenvalue weighted by Crippen LogP contribution is 2.23. The summed E-state index contributed by atoms with van der Waals surface area (Å²) in [7, 11) is 0. The van der Waals surface area contributed by atoms with Crippen molar-refractivity contribution < 1.29 is 0 Å². The van der Waals surface area contributed by atoms with Crippen LogP contribution in [0.25, 0.3) is 10.9 Å². The van der Waals surface area contributed by atoms with Crippen molar-refractivity contribution in [3.63, 3.8) is 0 Å². The fourth-order valence-corrected chi connectivity index (χ4v) is 3.61. The Morgan fingerprint density at radius 2 is 1.52 bits per heavy atom. The number of rotatable bonds is 7. The molecule has 1 aromatic heterocycles. The van der Waals surface area contributed by atoms with Crippen molar-refractivity contribution in [2.45, 2.75) is 19.5 Å². The van der Waals surface area contributed by atoms with E-state index < -0.39 is 0 Å². The maximum absolute atomic E-state index is 6.01. The number of nitrogens with one attached hydrogen (secondary N) is 1. The molecule has 0 bridgehead atoms. The summed E-state index contributed by atoms with van der Waals surface area (Å²) in [6.07, 6.45) is 3.32. The number of hydrogen-bond acceptors (Lipinski definition) is 1. The number of hydrogen-bond donors (Lipinski definition) is 1. The molecule has 0 aliphatic rings. The minimum atomic E-state index is 0.777. The Labute approximate surface area is 165 Å². The third-order valence-corrected chi connectivity index (χ3v) is 5.14. The molecule has 0 saturated carbocycles. The van der Waals surface area contributed by atoms with Gasteiger partial charge in [-0.3, -0.25) is 0 Å². The van der Waals surface area contributed by atoms with Crippen LogP contribution < -0.4 is 5.32 Å². The lowest BCUT2D eigenvalue weighted by Crippen LogP contribution is -2.16. The van der Waals surface area contributed by atoms with Crippen LogP contribution in [0.3, 0.4) is 0 Å². The number of para-hydroxylation sites is 1. The van der Waals surface area contributed by atoms with E-state index in [1.54, 1.807) is 0 Å². The maximum Gasteiger partial charge on any atom is 0.0486 e. The van der Waals surface area contributed by atoms with Crippen LogP contribution in [0.1, 0.15) is 16.7 Å².